The number of ether oxygens (including phenoxy) is 1. The first-order valence-corrected chi connectivity index (χ1v) is 9.71. The lowest BCUT2D eigenvalue weighted by molar-refractivity contribution is 0.154. The molecular weight excluding hydrogens is 352 g/mol. The Kier molecular flexibility index (Phi) is 5.30. The van der Waals surface area contributed by atoms with Crippen LogP contribution in [0.2, 0.25) is 0 Å². The number of methoxy groups -OCH3 is 1. The van der Waals surface area contributed by atoms with Gasteiger partial charge in [-0.1, -0.05) is 18.2 Å². The van der Waals surface area contributed by atoms with Gasteiger partial charge in [0.15, 0.2) is 0 Å². The van der Waals surface area contributed by atoms with Gasteiger partial charge in [-0.2, -0.15) is 0 Å². The highest BCUT2D eigenvalue weighted by Gasteiger charge is 2.20. The number of para-hydroxylation sites is 1. The van der Waals surface area contributed by atoms with Crippen molar-refractivity contribution in [1.29, 1.82) is 0 Å². The van der Waals surface area contributed by atoms with E-state index >= 15 is 0 Å². The Balaban J connectivity index is 1.58. The van der Waals surface area contributed by atoms with Crippen molar-refractivity contribution in [2.45, 2.75) is 32.4 Å². The number of hydrogen-bond acceptors (Lipinski definition) is 6. The zero-order chi connectivity index (χ0) is 19.5. The highest BCUT2D eigenvalue weighted by molar-refractivity contribution is 5.88. The summed E-state index contributed by atoms with van der Waals surface area (Å²) >= 11 is 0. The number of aliphatic hydroxyl groups excluding tert-OH is 1. The fraction of sp³-hybridized carbons (Fsp3) is 0.364. The largest absolute Gasteiger partial charge is 0.494 e. The Morgan fingerprint density at radius 3 is 3.00 bits per heavy atom. The molecule has 1 aromatic carbocycles. The minimum atomic E-state index is -0.283. The zero-order valence-electron chi connectivity index (χ0n) is 16.4. The van der Waals surface area contributed by atoms with E-state index in [9.17, 15) is 5.11 Å². The van der Waals surface area contributed by atoms with E-state index < -0.39 is 0 Å². The van der Waals surface area contributed by atoms with Crippen LogP contribution in [0.4, 0.5) is 11.6 Å². The van der Waals surface area contributed by atoms with Crippen molar-refractivity contribution in [2.75, 3.05) is 30.4 Å². The van der Waals surface area contributed by atoms with Gasteiger partial charge in [0.2, 0.25) is 0 Å². The Labute approximate surface area is 165 Å². The molecule has 3 aromatic rings. The van der Waals surface area contributed by atoms with Crippen molar-refractivity contribution >= 4 is 22.5 Å². The third kappa shape index (κ3) is 3.73. The maximum absolute atomic E-state index is 10.0. The summed E-state index contributed by atoms with van der Waals surface area (Å²) in [4.78, 5) is 11.5. The van der Waals surface area contributed by atoms with E-state index in [0.29, 0.717) is 13.1 Å². The summed E-state index contributed by atoms with van der Waals surface area (Å²) < 4.78 is 5.48. The van der Waals surface area contributed by atoms with Gasteiger partial charge in [0.1, 0.15) is 22.9 Å². The molecule has 1 saturated heterocycles. The second-order valence-corrected chi connectivity index (χ2v) is 7.26. The normalized spacial score (nSPS) is 17.0. The molecule has 1 atom stereocenters. The predicted molar refractivity (Wildman–Crippen MR) is 112 cm³/mol. The molecule has 2 aromatic heterocycles. The van der Waals surface area contributed by atoms with Crippen molar-refractivity contribution in [2.24, 2.45) is 0 Å². The molecule has 146 valence electrons. The van der Waals surface area contributed by atoms with Gasteiger partial charge < -0.3 is 20.1 Å². The van der Waals surface area contributed by atoms with E-state index in [4.69, 9.17) is 9.72 Å². The number of benzene rings is 1. The maximum Gasteiger partial charge on any atom is 0.145 e. The average Bonchev–Trinajstić information content (AvgIpc) is 2.72. The van der Waals surface area contributed by atoms with Crippen LogP contribution in [0, 0.1) is 6.92 Å². The van der Waals surface area contributed by atoms with E-state index in [0.717, 1.165) is 58.8 Å². The molecule has 1 aliphatic rings. The molecule has 0 amide bonds. The highest BCUT2D eigenvalue weighted by atomic mass is 16.5. The van der Waals surface area contributed by atoms with Crippen LogP contribution in [0.3, 0.4) is 0 Å². The van der Waals surface area contributed by atoms with Crippen molar-refractivity contribution in [3.63, 3.8) is 0 Å². The third-order valence-electron chi connectivity index (χ3n) is 5.25. The zero-order valence-corrected chi connectivity index (χ0v) is 16.4. The lowest BCUT2D eigenvalue weighted by Gasteiger charge is -2.32. The van der Waals surface area contributed by atoms with E-state index in [1.807, 2.05) is 24.4 Å². The number of anilines is 2. The van der Waals surface area contributed by atoms with Crippen LogP contribution in [-0.4, -0.2) is 41.4 Å². The average molecular weight is 378 g/mol. The summed E-state index contributed by atoms with van der Waals surface area (Å²) in [6.45, 7) is 4.25. The number of pyridine rings is 2. The first-order chi connectivity index (χ1) is 13.7. The van der Waals surface area contributed by atoms with Gasteiger partial charge >= 0.3 is 0 Å². The Hall–Kier alpha value is -2.86. The number of aliphatic hydroxyl groups is 1. The van der Waals surface area contributed by atoms with Gasteiger partial charge in [-0.25, -0.2) is 9.97 Å². The second-order valence-electron chi connectivity index (χ2n) is 7.26. The van der Waals surface area contributed by atoms with Crippen molar-refractivity contribution in [3.05, 3.63) is 53.7 Å². The number of aromatic nitrogens is 2. The number of nitrogens with zero attached hydrogens (tertiary/aromatic N) is 3. The predicted octanol–water partition coefficient (Wildman–Crippen LogP) is 3.52. The first kappa shape index (κ1) is 18.5. The monoisotopic (exact) mass is 378 g/mol. The van der Waals surface area contributed by atoms with Crippen LogP contribution >= 0.6 is 0 Å². The summed E-state index contributed by atoms with van der Waals surface area (Å²) in [5, 5.41) is 14.5. The molecule has 2 N–H and O–H groups in total. The molecule has 4 rings (SSSR count). The summed E-state index contributed by atoms with van der Waals surface area (Å²) in [5.74, 6) is 2.51. The Bertz CT molecular complexity index is 976. The molecule has 0 aliphatic carbocycles. The fourth-order valence-electron chi connectivity index (χ4n) is 3.83. The molecule has 0 spiro atoms. The van der Waals surface area contributed by atoms with Crippen LogP contribution in [-0.2, 0) is 6.54 Å². The summed E-state index contributed by atoms with van der Waals surface area (Å²) in [6, 6.07) is 12.1. The number of β-amino-alcohol motifs (C(OH)–C–C–N with tert-alkyl or cyclic N) is 1. The minimum absolute atomic E-state index is 0.283. The molecular formula is C22H26N4O2. The van der Waals surface area contributed by atoms with Gasteiger partial charge in [-0.05, 0) is 43.5 Å². The van der Waals surface area contributed by atoms with Gasteiger partial charge in [0.05, 0.1) is 13.2 Å². The Morgan fingerprint density at radius 2 is 2.18 bits per heavy atom. The fourth-order valence-corrected chi connectivity index (χ4v) is 3.83. The smallest absolute Gasteiger partial charge is 0.145 e. The molecule has 6 nitrogen and oxygen atoms in total. The molecule has 1 fully saturated rings. The Morgan fingerprint density at radius 1 is 1.29 bits per heavy atom. The quantitative estimate of drug-likeness (QED) is 0.708. The number of rotatable bonds is 5. The maximum atomic E-state index is 10.0. The third-order valence-corrected chi connectivity index (χ3v) is 5.25. The standard InChI is InChI=1S/C22H26N4O2/c1-15-12-20(25-21-18(15)8-3-9-19(21)28-2)24-13-16-6-4-10-23-22(16)26-11-5-7-17(27)14-26/h3-4,6,8-10,12,17,27H,5,7,11,13-14H2,1-2H3,(H,24,25)/t17-/m0/s1. The molecule has 0 saturated carbocycles. The lowest BCUT2D eigenvalue weighted by Crippen LogP contribution is -2.39. The molecule has 0 unspecified atom stereocenters. The van der Waals surface area contributed by atoms with Gasteiger partial charge in [-0.3, -0.25) is 0 Å². The van der Waals surface area contributed by atoms with Crippen molar-refractivity contribution in [3.8, 4) is 5.75 Å². The summed E-state index contributed by atoms with van der Waals surface area (Å²) in [6.07, 6.45) is 3.37. The van der Waals surface area contributed by atoms with Crippen molar-refractivity contribution in [1.82, 2.24) is 9.97 Å². The second kappa shape index (κ2) is 8.02. The number of hydrogen-bond donors (Lipinski definition) is 2. The van der Waals surface area contributed by atoms with E-state index in [1.165, 1.54) is 0 Å². The number of nitrogens with one attached hydrogen (secondary N) is 1. The molecule has 0 bridgehead atoms. The van der Waals surface area contributed by atoms with Crippen LogP contribution in [0.15, 0.2) is 42.6 Å². The van der Waals surface area contributed by atoms with E-state index in [-0.39, 0.29) is 6.10 Å². The number of piperidine rings is 1. The highest BCUT2D eigenvalue weighted by Crippen LogP contribution is 2.28. The summed E-state index contributed by atoms with van der Waals surface area (Å²) in [5.41, 5.74) is 3.10. The van der Waals surface area contributed by atoms with Crippen LogP contribution in [0.25, 0.3) is 10.9 Å². The van der Waals surface area contributed by atoms with Crippen LogP contribution in [0.5, 0.6) is 5.75 Å². The van der Waals surface area contributed by atoms with Gasteiger partial charge in [0, 0.05) is 36.8 Å². The molecule has 28 heavy (non-hydrogen) atoms. The number of fused-ring (bicyclic) bond motifs is 1. The first-order valence-electron chi connectivity index (χ1n) is 9.71. The SMILES string of the molecule is COc1cccc2c(C)cc(NCc3cccnc3N3CCC[C@H](O)C3)nc12. The molecule has 1 aliphatic heterocycles. The minimum Gasteiger partial charge on any atom is -0.494 e. The molecule has 0 radical (unpaired) electrons. The molecule has 3 heterocycles. The van der Waals surface area contributed by atoms with Gasteiger partial charge in [-0.15, -0.1) is 0 Å². The van der Waals surface area contributed by atoms with Crippen LogP contribution in [0.1, 0.15) is 24.0 Å². The molecule has 6 heteroatoms. The van der Waals surface area contributed by atoms with Crippen molar-refractivity contribution < 1.29 is 9.84 Å². The summed E-state index contributed by atoms with van der Waals surface area (Å²) in [7, 11) is 1.67. The van der Waals surface area contributed by atoms with E-state index in [2.05, 4.69) is 40.3 Å². The number of aryl methyl sites for hydroxylation is 1. The lowest BCUT2D eigenvalue weighted by atomic mass is 10.1. The van der Waals surface area contributed by atoms with Gasteiger partial charge in [0.25, 0.3) is 0 Å². The van der Waals surface area contributed by atoms with Crippen LogP contribution < -0.4 is 15.0 Å². The van der Waals surface area contributed by atoms with E-state index in [1.54, 1.807) is 7.11 Å². The topological polar surface area (TPSA) is 70.5 Å².